The van der Waals surface area contributed by atoms with Crippen molar-refractivity contribution in [3.8, 4) is 22.1 Å². The summed E-state index contributed by atoms with van der Waals surface area (Å²) in [6.07, 6.45) is 4.69. The Labute approximate surface area is 220 Å². The van der Waals surface area contributed by atoms with E-state index >= 15 is 0 Å². The molecule has 3 heterocycles. The number of ether oxygens (including phenoxy) is 2. The number of pyridine rings is 2. The van der Waals surface area contributed by atoms with Crippen LogP contribution in [0.1, 0.15) is 39.7 Å². The molecule has 0 aliphatic carbocycles. The molecular formula is C28H31FN4O3S. The molecule has 7 nitrogen and oxygen atoms in total. The summed E-state index contributed by atoms with van der Waals surface area (Å²) in [6, 6.07) is 12.0. The fourth-order valence-corrected chi connectivity index (χ4v) is 4.75. The third-order valence-electron chi connectivity index (χ3n) is 5.44. The molecule has 194 valence electrons. The number of rotatable bonds is 8. The molecule has 4 aromatic rings. The Kier molecular flexibility index (Phi) is 7.92. The van der Waals surface area contributed by atoms with Crippen LogP contribution in [0.3, 0.4) is 0 Å². The summed E-state index contributed by atoms with van der Waals surface area (Å²) >= 11 is 1.48. The van der Waals surface area contributed by atoms with Crippen LogP contribution in [0.15, 0.2) is 54.9 Å². The zero-order valence-corrected chi connectivity index (χ0v) is 22.3. The van der Waals surface area contributed by atoms with Gasteiger partial charge in [-0.3, -0.25) is 9.97 Å². The molecule has 0 atom stereocenters. The number of nitrogen functional groups attached to an aromatic ring is 1. The maximum absolute atomic E-state index is 14.3. The van der Waals surface area contributed by atoms with Gasteiger partial charge in [0.05, 0.1) is 20.8 Å². The molecule has 2 N–H and O–H groups in total. The first-order valence-corrected chi connectivity index (χ1v) is 13.0. The topological polar surface area (TPSA) is 90.6 Å². The zero-order valence-electron chi connectivity index (χ0n) is 21.5. The van der Waals surface area contributed by atoms with Crippen LogP contribution < -0.4 is 10.5 Å². The van der Waals surface area contributed by atoms with Crippen molar-refractivity contribution >= 4 is 33.3 Å². The molecule has 37 heavy (non-hydrogen) atoms. The molecule has 1 amide bonds. The van der Waals surface area contributed by atoms with E-state index in [1.807, 2.05) is 52.1 Å². The number of carbonyl (C=O) groups is 1. The highest BCUT2D eigenvalue weighted by molar-refractivity contribution is 7.22. The van der Waals surface area contributed by atoms with Gasteiger partial charge in [0.15, 0.2) is 11.6 Å². The van der Waals surface area contributed by atoms with E-state index < -0.39 is 11.4 Å². The lowest BCUT2D eigenvalue weighted by molar-refractivity contribution is 0.0252. The van der Waals surface area contributed by atoms with Gasteiger partial charge in [-0.1, -0.05) is 13.0 Å². The predicted octanol–water partition coefficient (Wildman–Crippen LogP) is 7.06. The number of anilines is 1. The summed E-state index contributed by atoms with van der Waals surface area (Å²) in [6.45, 7) is 8.83. The van der Waals surface area contributed by atoms with Crippen LogP contribution in [0.5, 0.6) is 11.5 Å². The summed E-state index contributed by atoms with van der Waals surface area (Å²) in [5.74, 6) is 0.0884. The van der Waals surface area contributed by atoms with Crippen molar-refractivity contribution in [2.75, 3.05) is 18.8 Å². The number of halogens is 1. The molecule has 9 heteroatoms. The lowest BCUT2D eigenvalue weighted by Gasteiger charge is -2.27. The summed E-state index contributed by atoms with van der Waals surface area (Å²) in [5.41, 5.74) is 8.01. The number of hydrogen-bond acceptors (Lipinski definition) is 7. The van der Waals surface area contributed by atoms with E-state index in [0.29, 0.717) is 30.9 Å². The van der Waals surface area contributed by atoms with Crippen molar-refractivity contribution in [2.24, 2.45) is 0 Å². The van der Waals surface area contributed by atoms with Gasteiger partial charge in [0, 0.05) is 43.3 Å². The molecule has 0 saturated heterocycles. The molecule has 0 radical (unpaired) electrons. The van der Waals surface area contributed by atoms with Gasteiger partial charge in [-0.25, -0.2) is 9.18 Å². The normalized spacial score (nSPS) is 11.5. The molecule has 0 aliphatic heterocycles. The van der Waals surface area contributed by atoms with E-state index in [0.717, 1.165) is 32.8 Å². The number of nitrogens with two attached hydrogens (primary N) is 1. The Hall–Kier alpha value is -3.72. The van der Waals surface area contributed by atoms with Crippen LogP contribution in [-0.4, -0.2) is 39.7 Å². The molecule has 3 aromatic heterocycles. The van der Waals surface area contributed by atoms with Crippen molar-refractivity contribution in [3.05, 3.63) is 66.2 Å². The first kappa shape index (κ1) is 26.3. The van der Waals surface area contributed by atoms with E-state index in [1.54, 1.807) is 23.2 Å². The first-order valence-electron chi connectivity index (χ1n) is 12.2. The minimum atomic E-state index is -0.528. The molecule has 0 spiro atoms. The van der Waals surface area contributed by atoms with E-state index in [1.165, 1.54) is 23.5 Å². The smallest absolute Gasteiger partial charge is 0.410 e. The highest BCUT2D eigenvalue weighted by atomic mass is 32.1. The minimum Gasteiger partial charge on any atom is -0.453 e. The predicted molar refractivity (Wildman–Crippen MR) is 146 cm³/mol. The van der Waals surface area contributed by atoms with Gasteiger partial charge in [0.1, 0.15) is 11.4 Å². The molecule has 0 fully saturated rings. The van der Waals surface area contributed by atoms with Crippen LogP contribution in [0, 0.1) is 5.82 Å². The Bertz CT molecular complexity index is 1380. The van der Waals surface area contributed by atoms with Crippen LogP contribution in [-0.2, 0) is 11.2 Å². The van der Waals surface area contributed by atoms with Gasteiger partial charge >= 0.3 is 6.09 Å². The number of carbonyl (C=O) groups excluding carboxylic acids is 1. The number of fused-ring (bicyclic) bond motifs is 1. The second-order valence-electron chi connectivity index (χ2n) is 9.70. The maximum atomic E-state index is 14.3. The monoisotopic (exact) mass is 522 g/mol. The largest absolute Gasteiger partial charge is 0.453 e. The number of hydrogen-bond donors (Lipinski definition) is 1. The quantitative estimate of drug-likeness (QED) is 0.249. The van der Waals surface area contributed by atoms with Crippen LogP contribution in [0.4, 0.5) is 14.9 Å². The molecular weight excluding hydrogens is 491 g/mol. The molecule has 0 saturated carbocycles. The molecule has 4 rings (SSSR count). The second-order valence-corrected chi connectivity index (χ2v) is 10.7. The maximum Gasteiger partial charge on any atom is 0.410 e. The number of aromatic nitrogens is 2. The number of thiophene rings is 1. The SMILES string of the molecule is CCCN(CCc1ccc(-c2cc3nccc(Oc4ccc(N)cc4F)c3s2)nc1)C(=O)OC(C)(C)C. The van der Waals surface area contributed by atoms with Gasteiger partial charge < -0.3 is 20.1 Å². The van der Waals surface area contributed by atoms with Crippen molar-refractivity contribution in [3.63, 3.8) is 0 Å². The first-order chi connectivity index (χ1) is 17.6. The van der Waals surface area contributed by atoms with Crippen LogP contribution in [0.25, 0.3) is 20.8 Å². The van der Waals surface area contributed by atoms with Gasteiger partial charge in [-0.05, 0) is 63.4 Å². The zero-order chi connectivity index (χ0) is 26.6. The van der Waals surface area contributed by atoms with Gasteiger partial charge in [0.2, 0.25) is 0 Å². The number of nitrogens with zero attached hydrogens (tertiary/aromatic N) is 3. The molecule has 0 bridgehead atoms. The lowest BCUT2D eigenvalue weighted by atomic mass is 10.1. The second kappa shape index (κ2) is 11.1. The fraction of sp³-hybridized carbons (Fsp3) is 0.321. The van der Waals surface area contributed by atoms with Gasteiger partial charge in [-0.2, -0.15) is 0 Å². The highest BCUT2D eigenvalue weighted by Gasteiger charge is 2.21. The van der Waals surface area contributed by atoms with Crippen molar-refractivity contribution in [2.45, 2.75) is 46.1 Å². The molecule has 1 aromatic carbocycles. The summed E-state index contributed by atoms with van der Waals surface area (Å²) < 4.78 is 26.4. The highest BCUT2D eigenvalue weighted by Crippen LogP contribution is 2.39. The van der Waals surface area contributed by atoms with E-state index in [2.05, 4.69) is 9.97 Å². The standard InChI is InChI=1S/C28H31FN4O3S/c1-5-13-33(27(34)36-28(2,3)4)14-11-18-6-8-21(32-17-18)25-16-22-26(37-25)24(10-12-31-22)35-23-9-7-19(30)15-20(23)29/h6-10,12,15-17H,5,11,13-14,30H2,1-4H3. The average Bonchev–Trinajstić information content (AvgIpc) is 3.28. The molecule has 0 unspecified atom stereocenters. The van der Waals surface area contributed by atoms with Crippen molar-refractivity contribution in [1.82, 2.24) is 14.9 Å². The Morgan fingerprint density at radius 1 is 1.08 bits per heavy atom. The third-order valence-corrected chi connectivity index (χ3v) is 6.61. The minimum absolute atomic E-state index is 0.0997. The number of benzene rings is 1. The Morgan fingerprint density at radius 2 is 1.89 bits per heavy atom. The Morgan fingerprint density at radius 3 is 2.57 bits per heavy atom. The fourth-order valence-electron chi connectivity index (χ4n) is 3.71. The van der Waals surface area contributed by atoms with E-state index in [9.17, 15) is 9.18 Å². The summed E-state index contributed by atoms with van der Waals surface area (Å²) in [4.78, 5) is 24.3. The van der Waals surface area contributed by atoms with Crippen molar-refractivity contribution in [1.29, 1.82) is 0 Å². The van der Waals surface area contributed by atoms with Gasteiger partial charge in [0.25, 0.3) is 0 Å². The summed E-state index contributed by atoms with van der Waals surface area (Å²) in [7, 11) is 0. The van der Waals surface area contributed by atoms with Crippen molar-refractivity contribution < 1.29 is 18.7 Å². The van der Waals surface area contributed by atoms with Crippen LogP contribution >= 0.6 is 11.3 Å². The molecule has 0 aliphatic rings. The Balaban J connectivity index is 1.48. The number of amides is 1. The van der Waals surface area contributed by atoms with E-state index in [4.69, 9.17) is 15.2 Å². The third kappa shape index (κ3) is 6.74. The van der Waals surface area contributed by atoms with Crippen LogP contribution in [0.2, 0.25) is 0 Å². The van der Waals surface area contributed by atoms with E-state index in [-0.39, 0.29) is 11.8 Å². The van der Waals surface area contributed by atoms with Gasteiger partial charge in [-0.15, -0.1) is 11.3 Å². The summed E-state index contributed by atoms with van der Waals surface area (Å²) in [5, 5.41) is 0. The lowest BCUT2D eigenvalue weighted by Crippen LogP contribution is -2.38. The average molecular weight is 523 g/mol.